The van der Waals surface area contributed by atoms with E-state index in [-0.39, 0.29) is 0 Å². The van der Waals surface area contributed by atoms with Crippen LogP contribution in [0.2, 0.25) is 0 Å². The zero-order valence-electron chi connectivity index (χ0n) is 5.80. The summed E-state index contributed by atoms with van der Waals surface area (Å²) in [6, 6.07) is 0. The molecular formula is C6H5BrN4. The maximum Gasteiger partial charge on any atom is 0.176 e. The lowest BCUT2D eigenvalue weighted by Crippen LogP contribution is -1.85. The Morgan fingerprint density at radius 3 is 3.09 bits per heavy atom. The molecule has 0 radical (unpaired) electrons. The minimum absolute atomic E-state index is 0.687. The fraction of sp³-hybridized carbons (Fsp3) is 0.167. The Kier molecular flexibility index (Phi) is 1.38. The number of aryl methyl sites for hydroxylation is 1. The average Bonchev–Trinajstić information content (AvgIpc) is 2.27. The Balaban J connectivity index is 2.82. The number of hydrogen-bond donors (Lipinski definition) is 1. The minimum Gasteiger partial charge on any atom is -0.317 e. The van der Waals surface area contributed by atoms with Crippen LogP contribution in [0.3, 0.4) is 0 Å². The van der Waals surface area contributed by atoms with Gasteiger partial charge in [-0.05, 0) is 22.9 Å². The Morgan fingerprint density at radius 1 is 1.45 bits per heavy atom. The summed E-state index contributed by atoms with van der Waals surface area (Å²) in [4.78, 5) is 15.2. The van der Waals surface area contributed by atoms with Gasteiger partial charge in [-0.1, -0.05) is 0 Å². The van der Waals surface area contributed by atoms with Gasteiger partial charge in [-0.15, -0.1) is 0 Å². The van der Waals surface area contributed by atoms with Gasteiger partial charge in [0.2, 0.25) is 0 Å². The second-order valence-corrected chi connectivity index (χ2v) is 2.93. The topological polar surface area (TPSA) is 54.5 Å². The number of nitrogens with one attached hydrogen (secondary N) is 1. The molecule has 2 heterocycles. The van der Waals surface area contributed by atoms with Gasteiger partial charge in [-0.25, -0.2) is 15.0 Å². The van der Waals surface area contributed by atoms with Crippen molar-refractivity contribution in [2.24, 2.45) is 0 Å². The second-order valence-electron chi connectivity index (χ2n) is 2.18. The highest BCUT2D eigenvalue weighted by molar-refractivity contribution is 9.10. The summed E-state index contributed by atoms with van der Waals surface area (Å²) in [6.07, 6.45) is 1.69. The van der Waals surface area contributed by atoms with E-state index in [9.17, 15) is 0 Å². The van der Waals surface area contributed by atoms with Gasteiger partial charge in [0.05, 0.1) is 6.20 Å². The van der Waals surface area contributed by atoms with E-state index in [4.69, 9.17) is 0 Å². The summed E-state index contributed by atoms with van der Waals surface area (Å²) in [5, 5.41) is 0. The number of hydrogen-bond acceptors (Lipinski definition) is 3. The third kappa shape index (κ3) is 1.11. The van der Waals surface area contributed by atoms with Crippen molar-refractivity contribution in [1.29, 1.82) is 0 Å². The van der Waals surface area contributed by atoms with Crippen LogP contribution in [-0.2, 0) is 0 Å². The number of aromatic nitrogens is 4. The van der Waals surface area contributed by atoms with Gasteiger partial charge in [-0.3, -0.25) is 0 Å². The van der Waals surface area contributed by atoms with E-state index < -0.39 is 0 Å². The van der Waals surface area contributed by atoms with Crippen molar-refractivity contribution in [3.05, 3.63) is 16.8 Å². The molecule has 0 aliphatic carbocycles. The zero-order chi connectivity index (χ0) is 7.84. The quantitative estimate of drug-likeness (QED) is 0.673. The molecule has 0 saturated heterocycles. The molecule has 0 aliphatic heterocycles. The van der Waals surface area contributed by atoms with Crippen LogP contribution in [0, 0.1) is 6.92 Å². The van der Waals surface area contributed by atoms with Gasteiger partial charge in [0, 0.05) is 0 Å². The van der Waals surface area contributed by atoms with Crippen LogP contribution in [-0.4, -0.2) is 19.9 Å². The average molecular weight is 213 g/mol. The smallest absolute Gasteiger partial charge is 0.176 e. The Hall–Kier alpha value is -0.970. The Bertz CT molecular complexity index is 394. The first kappa shape index (κ1) is 6.72. The van der Waals surface area contributed by atoms with Gasteiger partial charge in [0.15, 0.2) is 10.4 Å². The van der Waals surface area contributed by atoms with Crippen LogP contribution in [0.1, 0.15) is 5.82 Å². The zero-order valence-corrected chi connectivity index (χ0v) is 7.38. The molecule has 56 valence electrons. The lowest BCUT2D eigenvalue weighted by atomic mass is 10.5. The number of H-pyrrole nitrogens is 1. The number of nitrogens with zero attached hydrogens (tertiary/aromatic N) is 3. The van der Waals surface area contributed by atoms with E-state index in [0.717, 1.165) is 17.0 Å². The fourth-order valence-electron chi connectivity index (χ4n) is 0.869. The van der Waals surface area contributed by atoms with Crippen LogP contribution in [0.4, 0.5) is 0 Å². The predicted octanol–water partition coefficient (Wildman–Crippen LogP) is 1.42. The molecule has 0 bridgehead atoms. The first-order valence-electron chi connectivity index (χ1n) is 3.10. The van der Waals surface area contributed by atoms with Crippen LogP contribution in [0.5, 0.6) is 0 Å². The first-order chi connectivity index (χ1) is 5.25. The maximum absolute atomic E-state index is 4.14. The van der Waals surface area contributed by atoms with Crippen LogP contribution in [0.15, 0.2) is 10.9 Å². The molecule has 0 fully saturated rings. The van der Waals surface area contributed by atoms with Gasteiger partial charge >= 0.3 is 0 Å². The summed E-state index contributed by atoms with van der Waals surface area (Å²) >= 11 is 3.21. The molecule has 0 aliphatic rings. The van der Waals surface area contributed by atoms with Crippen molar-refractivity contribution in [2.75, 3.05) is 0 Å². The summed E-state index contributed by atoms with van der Waals surface area (Å²) in [5.41, 5.74) is 1.55. The number of imidazole rings is 1. The molecule has 2 aromatic rings. The molecule has 0 aromatic carbocycles. The standard InChI is InChI=1S/C6H5BrN4/c1-3-8-2-4-5(9-3)11-6(7)10-4/h2H,1H3,(H,8,9,10,11). The van der Waals surface area contributed by atoms with E-state index in [0.29, 0.717) is 4.73 Å². The molecule has 11 heavy (non-hydrogen) atoms. The monoisotopic (exact) mass is 212 g/mol. The predicted molar refractivity (Wildman–Crippen MR) is 44.1 cm³/mol. The summed E-state index contributed by atoms with van der Waals surface area (Å²) in [7, 11) is 0. The van der Waals surface area contributed by atoms with Crippen molar-refractivity contribution in [2.45, 2.75) is 6.92 Å². The molecule has 5 heteroatoms. The highest BCUT2D eigenvalue weighted by Crippen LogP contribution is 2.10. The summed E-state index contributed by atoms with van der Waals surface area (Å²) < 4.78 is 0.687. The largest absolute Gasteiger partial charge is 0.317 e. The minimum atomic E-state index is 0.687. The molecular weight excluding hydrogens is 208 g/mol. The summed E-state index contributed by atoms with van der Waals surface area (Å²) in [5.74, 6) is 0.744. The number of rotatable bonds is 0. The van der Waals surface area contributed by atoms with Gasteiger partial charge in [0.25, 0.3) is 0 Å². The van der Waals surface area contributed by atoms with Gasteiger partial charge < -0.3 is 4.98 Å². The Labute approximate surface area is 71.2 Å². The van der Waals surface area contributed by atoms with Crippen LogP contribution >= 0.6 is 15.9 Å². The molecule has 2 aromatic heterocycles. The van der Waals surface area contributed by atoms with E-state index in [1.54, 1.807) is 6.20 Å². The van der Waals surface area contributed by atoms with E-state index in [2.05, 4.69) is 35.9 Å². The maximum atomic E-state index is 4.14. The van der Waals surface area contributed by atoms with E-state index >= 15 is 0 Å². The number of halogens is 1. The Morgan fingerprint density at radius 2 is 2.27 bits per heavy atom. The molecule has 4 nitrogen and oxygen atoms in total. The third-order valence-corrected chi connectivity index (χ3v) is 1.71. The third-order valence-electron chi connectivity index (χ3n) is 1.33. The number of aromatic amines is 1. The van der Waals surface area contributed by atoms with Gasteiger partial charge in [-0.2, -0.15) is 0 Å². The fourth-order valence-corrected chi connectivity index (χ4v) is 1.25. The SMILES string of the molecule is Cc1ncc2nc(Br)[nH]c2n1. The van der Waals surface area contributed by atoms with Gasteiger partial charge in [0.1, 0.15) is 11.3 Å². The molecule has 0 amide bonds. The van der Waals surface area contributed by atoms with E-state index in [1.807, 2.05) is 6.92 Å². The molecule has 0 spiro atoms. The van der Waals surface area contributed by atoms with Crippen molar-refractivity contribution in [1.82, 2.24) is 19.9 Å². The highest BCUT2D eigenvalue weighted by atomic mass is 79.9. The van der Waals surface area contributed by atoms with Crippen molar-refractivity contribution >= 4 is 27.1 Å². The normalized spacial score (nSPS) is 10.7. The first-order valence-corrected chi connectivity index (χ1v) is 3.90. The number of fused-ring (bicyclic) bond motifs is 1. The molecule has 0 saturated carbocycles. The summed E-state index contributed by atoms with van der Waals surface area (Å²) in [6.45, 7) is 1.84. The lowest BCUT2D eigenvalue weighted by molar-refractivity contribution is 1.08. The second kappa shape index (κ2) is 2.27. The van der Waals surface area contributed by atoms with Crippen LogP contribution in [0.25, 0.3) is 11.2 Å². The van der Waals surface area contributed by atoms with Crippen molar-refractivity contribution in [3.8, 4) is 0 Å². The molecule has 1 N–H and O–H groups in total. The van der Waals surface area contributed by atoms with Crippen LogP contribution < -0.4 is 0 Å². The molecule has 0 unspecified atom stereocenters. The molecule has 2 rings (SSSR count). The van der Waals surface area contributed by atoms with Crippen molar-refractivity contribution < 1.29 is 0 Å². The lowest BCUT2D eigenvalue weighted by Gasteiger charge is -1.87. The molecule has 0 atom stereocenters. The highest BCUT2D eigenvalue weighted by Gasteiger charge is 2.00. The van der Waals surface area contributed by atoms with Crippen molar-refractivity contribution in [3.63, 3.8) is 0 Å². The van der Waals surface area contributed by atoms with E-state index in [1.165, 1.54) is 0 Å².